The third-order valence-corrected chi connectivity index (χ3v) is 5.05. The lowest BCUT2D eigenvalue weighted by Gasteiger charge is -2.42. The van der Waals surface area contributed by atoms with Gasteiger partial charge in [0, 0.05) is 13.1 Å². The van der Waals surface area contributed by atoms with Gasteiger partial charge in [-0.3, -0.25) is 5.21 Å². The third kappa shape index (κ3) is 3.09. The van der Waals surface area contributed by atoms with E-state index >= 15 is 0 Å². The van der Waals surface area contributed by atoms with Crippen LogP contribution >= 0.6 is 0 Å². The van der Waals surface area contributed by atoms with E-state index in [-0.39, 0.29) is 11.7 Å². The minimum absolute atomic E-state index is 0.360. The number of hydrogen-bond acceptors (Lipinski definition) is 4. The first-order valence-corrected chi connectivity index (χ1v) is 8.09. The maximum atomic E-state index is 12.3. The lowest BCUT2D eigenvalue weighted by atomic mass is 9.74. The molecular formula is C15H28N2O3. The van der Waals surface area contributed by atoms with Gasteiger partial charge >= 0.3 is 6.09 Å². The van der Waals surface area contributed by atoms with Crippen molar-refractivity contribution in [3.63, 3.8) is 0 Å². The molecule has 116 valence electrons. The van der Waals surface area contributed by atoms with E-state index in [1.54, 1.807) is 0 Å². The van der Waals surface area contributed by atoms with Crippen LogP contribution < -0.4 is 0 Å². The molecule has 0 aromatic heterocycles. The molecule has 1 aliphatic carbocycles. The Morgan fingerprint density at radius 3 is 2.30 bits per heavy atom. The smallest absolute Gasteiger partial charge is 0.426 e. The fourth-order valence-corrected chi connectivity index (χ4v) is 3.69. The Bertz CT molecular complexity index is 325. The van der Waals surface area contributed by atoms with Crippen molar-refractivity contribution in [1.82, 2.24) is 10.2 Å². The van der Waals surface area contributed by atoms with E-state index in [0.29, 0.717) is 19.0 Å². The normalized spacial score (nSPS) is 22.2. The Labute approximate surface area is 121 Å². The van der Waals surface area contributed by atoms with Crippen LogP contribution in [0.25, 0.3) is 0 Å². The van der Waals surface area contributed by atoms with Gasteiger partial charge in [-0.2, -0.15) is 0 Å². The van der Waals surface area contributed by atoms with E-state index in [2.05, 4.69) is 13.8 Å². The topological polar surface area (TPSA) is 53.0 Å². The fraction of sp³-hybridized carbons (Fsp3) is 0.933. The maximum absolute atomic E-state index is 12.3. The number of carbonyl (C=O) groups is 1. The van der Waals surface area contributed by atoms with E-state index in [0.717, 1.165) is 37.3 Å². The van der Waals surface area contributed by atoms with Crippen LogP contribution in [0, 0.1) is 5.92 Å². The van der Waals surface area contributed by atoms with Gasteiger partial charge in [-0.25, -0.2) is 9.80 Å². The number of amides is 1. The van der Waals surface area contributed by atoms with Crippen LogP contribution in [0.15, 0.2) is 0 Å². The molecule has 2 rings (SSSR count). The van der Waals surface area contributed by atoms with Crippen molar-refractivity contribution in [2.24, 2.45) is 5.92 Å². The van der Waals surface area contributed by atoms with Gasteiger partial charge in [0.05, 0.1) is 0 Å². The summed E-state index contributed by atoms with van der Waals surface area (Å²) in [5, 5.41) is 12.0. The van der Waals surface area contributed by atoms with Crippen molar-refractivity contribution in [3.05, 3.63) is 0 Å². The third-order valence-electron chi connectivity index (χ3n) is 5.05. The standard InChI is InChI=1S/C15H28N2O3/c1-3-15(4-2,13-9-6-5-7-10-13)20-14(18)16-11-8-12-17(16)19/h13,19H,3-12H2,1-2H3. The van der Waals surface area contributed by atoms with Gasteiger partial charge in [0.1, 0.15) is 5.60 Å². The van der Waals surface area contributed by atoms with E-state index in [9.17, 15) is 10.0 Å². The maximum Gasteiger partial charge on any atom is 0.426 e. The summed E-state index contributed by atoms with van der Waals surface area (Å²) in [4.78, 5) is 12.3. The van der Waals surface area contributed by atoms with Crippen molar-refractivity contribution < 1.29 is 14.7 Å². The highest BCUT2D eigenvalue weighted by Gasteiger charge is 2.42. The number of nitrogens with zero attached hydrogens (tertiary/aromatic N) is 2. The largest absolute Gasteiger partial charge is 0.442 e. The van der Waals surface area contributed by atoms with Gasteiger partial charge in [0.2, 0.25) is 0 Å². The van der Waals surface area contributed by atoms with Gasteiger partial charge in [-0.15, -0.1) is 0 Å². The van der Waals surface area contributed by atoms with Gasteiger partial charge in [0.15, 0.2) is 0 Å². The summed E-state index contributed by atoms with van der Waals surface area (Å²) in [7, 11) is 0. The summed E-state index contributed by atoms with van der Waals surface area (Å²) in [5.74, 6) is 0.463. The number of rotatable bonds is 4. The molecular weight excluding hydrogens is 256 g/mol. The van der Waals surface area contributed by atoms with Crippen LogP contribution in [-0.2, 0) is 4.74 Å². The Kier molecular flexibility index (Phi) is 5.27. The predicted octanol–water partition coefficient (Wildman–Crippen LogP) is 3.57. The zero-order chi connectivity index (χ0) is 14.6. The molecule has 0 unspecified atom stereocenters. The van der Waals surface area contributed by atoms with Crippen molar-refractivity contribution in [2.75, 3.05) is 13.1 Å². The van der Waals surface area contributed by atoms with Crippen LogP contribution in [0.1, 0.15) is 65.2 Å². The molecule has 0 spiro atoms. The second-order valence-corrected chi connectivity index (χ2v) is 6.05. The molecule has 0 aromatic rings. The predicted molar refractivity (Wildman–Crippen MR) is 76.2 cm³/mol. The fourth-order valence-electron chi connectivity index (χ4n) is 3.69. The zero-order valence-corrected chi connectivity index (χ0v) is 12.8. The average molecular weight is 284 g/mol. The van der Waals surface area contributed by atoms with Gasteiger partial charge in [-0.05, 0) is 38.0 Å². The minimum Gasteiger partial charge on any atom is -0.442 e. The zero-order valence-electron chi connectivity index (χ0n) is 12.8. The molecule has 2 aliphatic rings. The van der Waals surface area contributed by atoms with Gasteiger partial charge in [-0.1, -0.05) is 38.3 Å². The molecule has 1 N–H and O–H groups in total. The SMILES string of the molecule is CCC(CC)(OC(=O)N1CCCN1O)C1CCCCC1. The number of hydrogen-bond donors (Lipinski definition) is 1. The van der Waals surface area contributed by atoms with Gasteiger partial charge in [0.25, 0.3) is 0 Å². The summed E-state index contributed by atoms with van der Waals surface area (Å²) in [5.41, 5.74) is -0.360. The molecule has 0 bridgehead atoms. The number of carbonyl (C=O) groups excluding carboxylic acids is 1. The van der Waals surface area contributed by atoms with Crippen molar-refractivity contribution in [1.29, 1.82) is 0 Å². The van der Waals surface area contributed by atoms with E-state index in [4.69, 9.17) is 4.74 Å². The van der Waals surface area contributed by atoms with Crippen molar-refractivity contribution >= 4 is 6.09 Å². The minimum atomic E-state index is -0.390. The molecule has 5 nitrogen and oxygen atoms in total. The first-order valence-electron chi connectivity index (χ1n) is 8.09. The highest BCUT2D eigenvalue weighted by atomic mass is 16.6. The van der Waals surface area contributed by atoms with Gasteiger partial charge < -0.3 is 4.74 Å². The molecule has 1 saturated heterocycles. The second kappa shape index (κ2) is 6.76. The second-order valence-electron chi connectivity index (χ2n) is 6.05. The Balaban J connectivity index is 2.05. The lowest BCUT2D eigenvalue weighted by Crippen LogP contribution is -2.48. The summed E-state index contributed by atoms with van der Waals surface area (Å²) in [6.45, 7) is 5.26. The highest BCUT2D eigenvalue weighted by molar-refractivity contribution is 5.67. The number of hydrazine groups is 1. The van der Waals surface area contributed by atoms with E-state index < -0.39 is 0 Å². The van der Waals surface area contributed by atoms with Crippen molar-refractivity contribution in [2.45, 2.75) is 70.8 Å². The molecule has 20 heavy (non-hydrogen) atoms. The summed E-state index contributed by atoms with van der Waals surface area (Å²) in [6.07, 6.45) is 8.16. The number of hydroxylamine groups is 1. The molecule has 1 saturated carbocycles. The molecule has 0 radical (unpaired) electrons. The quantitative estimate of drug-likeness (QED) is 0.857. The Hall–Kier alpha value is -0.810. The summed E-state index contributed by atoms with van der Waals surface area (Å²) < 4.78 is 5.92. The molecule has 1 amide bonds. The molecule has 0 aromatic carbocycles. The summed E-state index contributed by atoms with van der Waals surface area (Å²) in [6, 6.07) is 0. The lowest BCUT2D eigenvalue weighted by molar-refractivity contribution is -0.208. The van der Waals surface area contributed by atoms with Crippen LogP contribution in [0.5, 0.6) is 0 Å². The molecule has 1 aliphatic heterocycles. The van der Waals surface area contributed by atoms with Crippen LogP contribution in [0.4, 0.5) is 4.79 Å². The Morgan fingerprint density at radius 1 is 1.15 bits per heavy atom. The van der Waals surface area contributed by atoms with Crippen molar-refractivity contribution in [3.8, 4) is 0 Å². The number of ether oxygens (including phenoxy) is 1. The monoisotopic (exact) mass is 284 g/mol. The Morgan fingerprint density at radius 2 is 1.80 bits per heavy atom. The van der Waals surface area contributed by atoms with E-state index in [1.165, 1.54) is 24.3 Å². The first-order chi connectivity index (χ1) is 9.63. The molecule has 0 atom stereocenters. The van der Waals surface area contributed by atoms with Crippen LogP contribution in [0.2, 0.25) is 0 Å². The molecule has 5 heteroatoms. The van der Waals surface area contributed by atoms with Crippen LogP contribution in [0.3, 0.4) is 0 Å². The average Bonchev–Trinajstić information content (AvgIpc) is 2.92. The summed E-state index contributed by atoms with van der Waals surface area (Å²) >= 11 is 0. The molecule has 1 heterocycles. The van der Waals surface area contributed by atoms with Crippen LogP contribution in [-0.4, -0.2) is 40.2 Å². The molecule has 2 fully saturated rings. The highest BCUT2D eigenvalue weighted by Crippen LogP contribution is 2.40. The first kappa shape index (κ1) is 15.6. The van der Waals surface area contributed by atoms with E-state index in [1.807, 2.05) is 0 Å².